The molecule has 0 saturated heterocycles. The molecule has 2 aliphatic rings. The highest BCUT2D eigenvalue weighted by atomic mass is 16.2. The molecule has 1 heterocycles. The first-order valence-corrected chi connectivity index (χ1v) is 11.0. The van der Waals surface area contributed by atoms with Gasteiger partial charge in [0, 0.05) is 22.2 Å². The van der Waals surface area contributed by atoms with E-state index in [1.165, 1.54) is 17.5 Å². The highest BCUT2D eigenvalue weighted by molar-refractivity contribution is 6.12. The van der Waals surface area contributed by atoms with Gasteiger partial charge in [0.25, 0.3) is 5.91 Å². The van der Waals surface area contributed by atoms with E-state index in [0.29, 0.717) is 5.56 Å². The molecule has 1 unspecified atom stereocenters. The van der Waals surface area contributed by atoms with E-state index in [4.69, 9.17) is 0 Å². The van der Waals surface area contributed by atoms with Gasteiger partial charge in [-0.05, 0) is 64.3 Å². The Labute approximate surface area is 179 Å². The molecule has 4 nitrogen and oxygen atoms in total. The van der Waals surface area contributed by atoms with Gasteiger partial charge >= 0.3 is 0 Å². The molecule has 2 aromatic rings. The van der Waals surface area contributed by atoms with Crippen LogP contribution < -0.4 is 10.2 Å². The zero-order valence-electron chi connectivity index (χ0n) is 18.5. The van der Waals surface area contributed by atoms with E-state index < -0.39 is 6.04 Å². The lowest BCUT2D eigenvalue weighted by atomic mass is 9.66. The SMILES string of the molecule is Cc1ccc2c(c1)C1(CCCCC1)C(C(=O)NC(C)(C)C)N2C(=O)c1ccccc1. The summed E-state index contributed by atoms with van der Waals surface area (Å²) >= 11 is 0. The van der Waals surface area contributed by atoms with Crippen molar-refractivity contribution in [3.63, 3.8) is 0 Å². The molecule has 1 aliphatic heterocycles. The van der Waals surface area contributed by atoms with Crippen molar-refractivity contribution in [2.24, 2.45) is 0 Å². The summed E-state index contributed by atoms with van der Waals surface area (Å²) < 4.78 is 0. The van der Waals surface area contributed by atoms with Crippen LogP contribution in [0.15, 0.2) is 48.5 Å². The highest BCUT2D eigenvalue weighted by Crippen LogP contribution is 2.54. The Balaban J connectivity index is 1.89. The number of hydrogen-bond donors (Lipinski definition) is 1. The molecule has 1 saturated carbocycles. The maximum atomic E-state index is 13.7. The average molecular weight is 405 g/mol. The van der Waals surface area contributed by atoms with Gasteiger partial charge < -0.3 is 5.32 Å². The number of fused-ring (bicyclic) bond motifs is 2. The fourth-order valence-corrected chi connectivity index (χ4v) is 5.27. The smallest absolute Gasteiger partial charge is 0.259 e. The minimum atomic E-state index is -0.526. The summed E-state index contributed by atoms with van der Waals surface area (Å²) in [5.41, 5.74) is 3.16. The van der Waals surface area contributed by atoms with E-state index in [1.54, 1.807) is 4.90 Å². The van der Waals surface area contributed by atoms with Gasteiger partial charge in [-0.3, -0.25) is 14.5 Å². The Morgan fingerprint density at radius 3 is 2.30 bits per heavy atom. The Hall–Kier alpha value is -2.62. The molecule has 2 aromatic carbocycles. The summed E-state index contributed by atoms with van der Waals surface area (Å²) in [6.45, 7) is 8.07. The average Bonchev–Trinajstić information content (AvgIpc) is 2.97. The lowest BCUT2D eigenvalue weighted by Gasteiger charge is -2.41. The molecule has 30 heavy (non-hydrogen) atoms. The zero-order chi connectivity index (χ0) is 21.5. The molecule has 0 aromatic heterocycles. The first-order valence-electron chi connectivity index (χ1n) is 11.0. The molecule has 1 spiro atoms. The number of nitrogens with one attached hydrogen (secondary N) is 1. The topological polar surface area (TPSA) is 49.4 Å². The van der Waals surface area contributed by atoms with Crippen molar-refractivity contribution in [2.75, 3.05) is 4.90 Å². The van der Waals surface area contributed by atoms with Crippen LogP contribution >= 0.6 is 0 Å². The van der Waals surface area contributed by atoms with Crippen LogP contribution in [0.3, 0.4) is 0 Å². The Bertz CT molecular complexity index is 953. The molecule has 158 valence electrons. The Kier molecular flexibility index (Phi) is 5.21. The number of aryl methyl sites for hydroxylation is 1. The van der Waals surface area contributed by atoms with Gasteiger partial charge in [-0.1, -0.05) is 55.2 Å². The molecule has 1 atom stereocenters. The summed E-state index contributed by atoms with van der Waals surface area (Å²) in [6.07, 6.45) is 5.22. The summed E-state index contributed by atoms with van der Waals surface area (Å²) in [7, 11) is 0. The molecule has 1 aliphatic carbocycles. The predicted octanol–water partition coefficient (Wildman–Crippen LogP) is 5.14. The van der Waals surface area contributed by atoms with E-state index in [9.17, 15) is 9.59 Å². The van der Waals surface area contributed by atoms with Crippen molar-refractivity contribution < 1.29 is 9.59 Å². The third-order valence-electron chi connectivity index (χ3n) is 6.46. The van der Waals surface area contributed by atoms with Gasteiger partial charge in [0.1, 0.15) is 6.04 Å². The molecule has 0 radical (unpaired) electrons. The van der Waals surface area contributed by atoms with Crippen molar-refractivity contribution in [1.82, 2.24) is 5.32 Å². The third-order valence-corrected chi connectivity index (χ3v) is 6.46. The second-order valence-electron chi connectivity index (χ2n) is 9.92. The number of amides is 2. The highest BCUT2D eigenvalue weighted by Gasteiger charge is 2.56. The lowest BCUT2D eigenvalue weighted by molar-refractivity contribution is -0.125. The van der Waals surface area contributed by atoms with Crippen LogP contribution in [0.25, 0.3) is 0 Å². The molecule has 2 amide bonds. The number of carbonyl (C=O) groups excluding carboxylic acids is 2. The summed E-state index contributed by atoms with van der Waals surface area (Å²) in [6, 6.07) is 15.1. The molecule has 4 heteroatoms. The Morgan fingerprint density at radius 1 is 1.00 bits per heavy atom. The second-order valence-corrected chi connectivity index (χ2v) is 9.92. The van der Waals surface area contributed by atoms with Gasteiger partial charge in [-0.2, -0.15) is 0 Å². The number of rotatable bonds is 2. The van der Waals surface area contributed by atoms with Crippen LogP contribution in [0.2, 0.25) is 0 Å². The number of carbonyl (C=O) groups is 2. The van der Waals surface area contributed by atoms with Crippen LogP contribution in [0, 0.1) is 6.92 Å². The maximum Gasteiger partial charge on any atom is 0.259 e. The first kappa shape index (κ1) is 20.6. The molecular formula is C26H32N2O2. The fourth-order valence-electron chi connectivity index (χ4n) is 5.27. The van der Waals surface area contributed by atoms with Crippen LogP contribution in [-0.4, -0.2) is 23.4 Å². The number of benzene rings is 2. The number of anilines is 1. The van der Waals surface area contributed by atoms with Crippen LogP contribution in [0.1, 0.15) is 74.4 Å². The van der Waals surface area contributed by atoms with Crippen molar-refractivity contribution in [1.29, 1.82) is 0 Å². The standard InChI is InChI=1S/C26H32N2O2/c1-18-13-14-21-20(17-18)26(15-9-6-10-16-26)22(23(29)27-25(2,3)4)28(21)24(30)19-11-7-5-8-12-19/h5,7-8,11-14,17,22H,6,9-10,15-16H2,1-4H3,(H,27,29). The van der Waals surface area contributed by atoms with E-state index in [2.05, 4.69) is 18.3 Å². The van der Waals surface area contributed by atoms with Gasteiger partial charge in [0.05, 0.1) is 0 Å². The van der Waals surface area contributed by atoms with Crippen LogP contribution in [0.4, 0.5) is 5.69 Å². The number of nitrogens with zero attached hydrogens (tertiary/aromatic N) is 1. The van der Waals surface area contributed by atoms with Gasteiger partial charge in [-0.15, -0.1) is 0 Å². The summed E-state index contributed by atoms with van der Waals surface area (Å²) in [5, 5.41) is 3.19. The fraction of sp³-hybridized carbons (Fsp3) is 0.462. The largest absolute Gasteiger partial charge is 0.350 e. The van der Waals surface area contributed by atoms with Crippen LogP contribution in [-0.2, 0) is 10.2 Å². The third kappa shape index (κ3) is 3.53. The van der Waals surface area contributed by atoms with E-state index in [1.807, 2.05) is 63.2 Å². The molecule has 1 fully saturated rings. The molecule has 0 bridgehead atoms. The summed E-state index contributed by atoms with van der Waals surface area (Å²) in [5.74, 6) is -0.153. The van der Waals surface area contributed by atoms with Crippen LogP contribution in [0.5, 0.6) is 0 Å². The van der Waals surface area contributed by atoms with Crippen molar-refractivity contribution >= 4 is 17.5 Å². The quantitative estimate of drug-likeness (QED) is 0.753. The number of hydrogen-bond acceptors (Lipinski definition) is 2. The normalized spacial score (nSPS) is 20.1. The van der Waals surface area contributed by atoms with Crippen molar-refractivity contribution in [2.45, 2.75) is 76.8 Å². The van der Waals surface area contributed by atoms with Gasteiger partial charge in [-0.25, -0.2) is 0 Å². The molecular weight excluding hydrogens is 372 g/mol. The van der Waals surface area contributed by atoms with E-state index in [0.717, 1.165) is 31.4 Å². The van der Waals surface area contributed by atoms with Crippen molar-refractivity contribution in [3.8, 4) is 0 Å². The van der Waals surface area contributed by atoms with E-state index in [-0.39, 0.29) is 22.8 Å². The zero-order valence-corrected chi connectivity index (χ0v) is 18.5. The first-order chi connectivity index (χ1) is 14.2. The minimum Gasteiger partial charge on any atom is -0.350 e. The minimum absolute atomic E-state index is 0.0532. The molecule has 4 rings (SSSR count). The molecule has 1 N–H and O–H groups in total. The Morgan fingerprint density at radius 2 is 1.67 bits per heavy atom. The second kappa shape index (κ2) is 7.57. The monoisotopic (exact) mass is 404 g/mol. The van der Waals surface area contributed by atoms with Gasteiger partial charge in [0.15, 0.2) is 0 Å². The summed E-state index contributed by atoms with van der Waals surface area (Å²) in [4.78, 5) is 29.3. The van der Waals surface area contributed by atoms with Crippen molar-refractivity contribution in [3.05, 3.63) is 65.2 Å². The predicted molar refractivity (Wildman–Crippen MR) is 121 cm³/mol. The van der Waals surface area contributed by atoms with Gasteiger partial charge in [0.2, 0.25) is 5.91 Å². The maximum absolute atomic E-state index is 13.7. The lowest BCUT2D eigenvalue weighted by Crippen LogP contribution is -2.59. The van der Waals surface area contributed by atoms with E-state index >= 15 is 0 Å².